The molecule has 1 aliphatic carbocycles. The van der Waals surface area contributed by atoms with Gasteiger partial charge in [-0.25, -0.2) is 0 Å². The number of piperidine rings is 1. The summed E-state index contributed by atoms with van der Waals surface area (Å²) in [5.74, 6) is 3.65. The van der Waals surface area contributed by atoms with E-state index in [1.54, 1.807) is 0 Å². The molecule has 7 nitrogen and oxygen atoms in total. The molecule has 144 valence electrons. The highest BCUT2D eigenvalue weighted by atomic mass is 16.5. The summed E-state index contributed by atoms with van der Waals surface area (Å²) in [6, 6.07) is 0. The molecule has 7 heteroatoms. The molecule has 0 aromatic carbocycles. The van der Waals surface area contributed by atoms with Crippen LogP contribution in [0.2, 0.25) is 0 Å². The van der Waals surface area contributed by atoms with E-state index in [0.29, 0.717) is 11.6 Å². The van der Waals surface area contributed by atoms with Gasteiger partial charge in [-0.1, -0.05) is 11.6 Å². The number of carbonyl (C=O) groups excluding carboxylic acids is 1. The third-order valence-electron chi connectivity index (χ3n) is 6.44. The van der Waals surface area contributed by atoms with Crippen molar-refractivity contribution in [2.75, 3.05) is 13.1 Å². The molecule has 4 heterocycles. The van der Waals surface area contributed by atoms with Gasteiger partial charge in [0.05, 0.1) is 0 Å². The van der Waals surface area contributed by atoms with Crippen molar-refractivity contribution in [1.82, 2.24) is 24.8 Å². The Balaban J connectivity index is 1.27. The maximum Gasteiger partial charge on any atom is 0.276 e. The number of aromatic nitrogens is 4. The molecule has 2 aromatic rings. The number of carbonyl (C=O) groups is 1. The summed E-state index contributed by atoms with van der Waals surface area (Å²) < 4.78 is 7.78. The minimum atomic E-state index is 0.0421. The maximum absolute atomic E-state index is 13.0. The second-order valence-corrected chi connectivity index (χ2v) is 8.14. The molecule has 0 radical (unpaired) electrons. The van der Waals surface area contributed by atoms with Crippen molar-refractivity contribution < 1.29 is 9.32 Å². The van der Waals surface area contributed by atoms with Crippen LogP contribution in [0.4, 0.5) is 0 Å². The Kier molecular flexibility index (Phi) is 4.45. The molecule has 3 aliphatic rings. The molecule has 1 saturated heterocycles. The summed E-state index contributed by atoms with van der Waals surface area (Å²) in [6.07, 6.45) is 10.7. The summed E-state index contributed by atoms with van der Waals surface area (Å²) in [4.78, 5) is 14.9. The Hall–Kier alpha value is -2.18. The highest BCUT2D eigenvalue weighted by molar-refractivity contribution is 5.94. The number of amides is 1. The third kappa shape index (κ3) is 3.07. The molecule has 0 saturated carbocycles. The van der Waals surface area contributed by atoms with Crippen molar-refractivity contribution in [3.63, 3.8) is 0 Å². The Morgan fingerprint density at radius 2 is 1.74 bits per heavy atom. The monoisotopic (exact) mass is 369 g/mol. The number of hydrogen-bond acceptors (Lipinski definition) is 5. The SMILES string of the molecule is O=C(c1noc2c1CCCC2)N1CCC(c2nnc3n2CCCCC3)CC1. The zero-order valence-electron chi connectivity index (χ0n) is 15.8. The molecule has 0 spiro atoms. The van der Waals surface area contributed by atoms with Gasteiger partial charge >= 0.3 is 0 Å². The van der Waals surface area contributed by atoms with E-state index in [4.69, 9.17) is 4.52 Å². The quantitative estimate of drug-likeness (QED) is 0.813. The second-order valence-electron chi connectivity index (χ2n) is 8.14. The van der Waals surface area contributed by atoms with E-state index in [1.165, 1.54) is 19.3 Å². The van der Waals surface area contributed by atoms with Crippen molar-refractivity contribution >= 4 is 5.91 Å². The van der Waals surface area contributed by atoms with Gasteiger partial charge in [-0.05, 0) is 44.9 Å². The molecule has 0 unspecified atom stereocenters. The fourth-order valence-electron chi connectivity index (χ4n) is 4.85. The van der Waals surface area contributed by atoms with E-state index in [-0.39, 0.29) is 5.91 Å². The van der Waals surface area contributed by atoms with Crippen molar-refractivity contribution in [1.29, 1.82) is 0 Å². The van der Waals surface area contributed by atoms with Gasteiger partial charge in [0.15, 0.2) is 5.69 Å². The van der Waals surface area contributed by atoms with Crippen LogP contribution >= 0.6 is 0 Å². The lowest BCUT2D eigenvalue weighted by molar-refractivity contribution is 0.0698. The largest absolute Gasteiger partial charge is 0.360 e. The number of aryl methyl sites for hydroxylation is 2. The molecule has 0 N–H and O–H groups in total. The standard InChI is InChI=1S/C20H27N5O2/c26-20(18-15-6-3-4-7-16(15)27-23-18)24-12-9-14(10-13-24)19-22-21-17-8-2-1-5-11-25(17)19/h14H,1-13H2. The molecule has 2 aliphatic heterocycles. The molecule has 0 bridgehead atoms. The Bertz CT molecular complexity index is 832. The predicted molar refractivity (Wildman–Crippen MR) is 98.6 cm³/mol. The van der Waals surface area contributed by atoms with Crippen LogP contribution in [0, 0.1) is 0 Å². The number of fused-ring (bicyclic) bond motifs is 2. The number of rotatable bonds is 2. The Morgan fingerprint density at radius 3 is 2.63 bits per heavy atom. The van der Waals surface area contributed by atoms with Crippen molar-refractivity contribution in [2.45, 2.75) is 76.7 Å². The minimum absolute atomic E-state index is 0.0421. The van der Waals surface area contributed by atoms with Crippen LogP contribution in [-0.2, 0) is 25.8 Å². The summed E-state index contributed by atoms with van der Waals surface area (Å²) in [5.41, 5.74) is 1.61. The smallest absolute Gasteiger partial charge is 0.276 e. The highest BCUT2D eigenvalue weighted by Crippen LogP contribution is 2.31. The Morgan fingerprint density at radius 1 is 0.926 bits per heavy atom. The lowest BCUT2D eigenvalue weighted by Crippen LogP contribution is -2.39. The topological polar surface area (TPSA) is 77.1 Å². The molecule has 0 atom stereocenters. The van der Waals surface area contributed by atoms with E-state index >= 15 is 0 Å². The maximum atomic E-state index is 13.0. The first-order valence-corrected chi connectivity index (χ1v) is 10.5. The summed E-state index contributed by atoms with van der Waals surface area (Å²) >= 11 is 0. The van der Waals surface area contributed by atoms with Crippen molar-refractivity contribution in [3.8, 4) is 0 Å². The van der Waals surface area contributed by atoms with Crippen LogP contribution in [0.1, 0.15) is 84.3 Å². The molecule has 1 amide bonds. The van der Waals surface area contributed by atoms with Gasteiger partial charge in [-0.3, -0.25) is 4.79 Å². The van der Waals surface area contributed by atoms with E-state index in [1.807, 2.05) is 4.90 Å². The zero-order valence-corrected chi connectivity index (χ0v) is 15.8. The zero-order chi connectivity index (χ0) is 18.2. The fraction of sp³-hybridized carbons (Fsp3) is 0.700. The van der Waals surface area contributed by atoms with Gasteiger partial charge in [0.1, 0.15) is 17.4 Å². The normalized spacial score (nSPS) is 20.8. The fourth-order valence-corrected chi connectivity index (χ4v) is 4.85. The number of likely N-dealkylation sites (tertiary alicyclic amines) is 1. The minimum Gasteiger partial charge on any atom is -0.360 e. The average Bonchev–Trinajstić information content (AvgIpc) is 3.25. The van der Waals surface area contributed by atoms with Crippen LogP contribution in [0.3, 0.4) is 0 Å². The molecule has 27 heavy (non-hydrogen) atoms. The first kappa shape index (κ1) is 17.0. The molecular formula is C20H27N5O2. The summed E-state index contributed by atoms with van der Waals surface area (Å²) in [6.45, 7) is 2.56. The molecular weight excluding hydrogens is 342 g/mol. The van der Waals surface area contributed by atoms with E-state index in [2.05, 4.69) is 19.9 Å². The van der Waals surface area contributed by atoms with Gasteiger partial charge in [-0.2, -0.15) is 0 Å². The van der Waals surface area contributed by atoms with Crippen molar-refractivity contribution in [3.05, 3.63) is 28.7 Å². The van der Waals surface area contributed by atoms with Gasteiger partial charge in [-0.15, -0.1) is 10.2 Å². The predicted octanol–water partition coefficient (Wildman–Crippen LogP) is 2.89. The Labute approximate surface area is 159 Å². The number of hydrogen-bond donors (Lipinski definition) is 0. The second kappa shape index (κ2) is 7.09. The highest BCUT2D eigenvalue weighted by Gasteiger charge is 2.32. The van der Waals surface area contributed by atoms with Crippen molar-refractivity contribution in [2.24, 2.45) is 0 Å². The van der Waals surface area contributed by atoms with Crippen LogP contribution in [0.25, 0.3) is 0 Å². The average molecular weight is 369 g/mol. The first-order valence-electron chi connectivity index (χ1n) is 10.5. The van der Waals surface area contributed by atoms with Gasteiger partial charge < -0.3 is 14.0 Å². The summed E-state index contributed by atoms with van der Waals surface area (Å²) in [5, 5.41) is 13.1. The van der Waals surface area contributed by atoms with Gasteiger partial charge in [0.25, 0.3) is 5.91 Å². The van der Waals surface area contributed by atoms with Gasteiger partial charge in [0, 0.05) is 44.0 Å². The first-order chi connectivity index (χ1) is 13.3. The van der Waals surface area contributed by atoms with Crippen LogP contribution < -0.4 is 0 Å². The lowest BCUT2D eigenvalue weighted by Gasteiger charge is -2.31. The number of nitrogens with zero attached hydrogens (tertiary/aromatic N) is 5. The molecule has 1 fully saturated rings. The van der Waals surface area contributed by atoms with Crippen LogP contribution in [-0.4, -0.2) is 43.8 Å². The van der Waals surface area contributed by atoms with E-state index in [0.717, 1.165) is 87.6 Å². The van der Waals surface area contributed by atoms with E-state index < -0.39 is 0 Å². The van der Waals surface area contributed by atoms with E-state index in [9.17, 15) is 4.79 Å². The summed E-state index contributed by atoms with van der Waals surface area (Å²) in [7, 11) is 0. The van der Waals surface area contributed by atoms with Crippen LogP contribution in [0.5, 0.6) is 0 Å². The van der Waals surface area contributed by atoms with Gasteiger partial charge in [0.2, 0.25) is 0 Å². The molecule has 2 aromatic heterocycles. The third-order valence-corrected chi connectivity index (χ3v) is 6.44. The van der Waals surface area contributed by atoms with Crippen LogP contribution in [0.15, 0.2) is 4.52 Å². The molecule has 5 rings (SSSR count). The lowest BCUT2D eigenvalue weighted by atomic mass is 9.94.